The number of nitrogens with one attached hydrogen (secondary N) is 1. The topological polar surface area (TPSA) is 151 Å². The fraction of sp³-hybridized carbons (Fsp3) is 0.974. The number of unbranched alkanes of at least 4 members (excludes halogenated alkanes) is 24. The molecule has 0 fully saturated rings. The van der Waals surface area contributed by atoms with Crippen LogP contribution in [0, 0.1) is 0 Å². The summed E-state index contributed by atoms with van der Waals surface area (Å²) in [5.74, 6) is -0.414. The summed E-state index contributed by atoms with van der Waals surface area (Å²) in [6, 6.07) is -0.887. The lowest BCUT2D eigenvalue weighted by atomic mass is 10.0. The summed E-state index contributed by atoms with van der Waals surface area (Å²) in [4.78, 5) is 22.6. The van der Waals surface area contributed by atoms with Crippen molar-refractivity contribution in [3.8, 4) is 0 Å². The maximum Gasteiger partial charge on any atom is 0.472 e. The smallest absolute Gasteiger partial charge is 0.393 e. The lowest BCUT2D eigenvalue weighted by Gasteiger charge is -2.25. The number of aliphatic hydroxyl groups excluding tert-OH is 2. The highest BCUT2D eigenvalue weighted by Gasteiger charge is 2.28. The van der Waals surface area contributed by atoms with Gasteiger partial charge in [-0.15, -0.1) is 0 Å². The second-order valence-corrected chi connectivity index (χ2v) is 15.5. The zero-order chi connectivity index (χ0) is 35.6. The minimum atomic E-state index is -4.36. The first kappa shape index (κ1) is 47.5. The highest BCUT2D eigenvalue weighted by molar-refractivity contribution is 7.47. The summed E-state index contributed by atoms with van der Waals surface area (Å²) in [5, 5.41) is 24.0. The highest BCUT2D eigenvalue weighted by atomic mass is 31.2. The molecule has 0 radical (unpaired) electrons. The quantitative estimate of drug-likeness (QED) is 0.0315. The molecule has 0 aromatic carbocycles. The van der Waals surface area contributed by atoms with E-state index >= 15 is 0 Å². The van der Waals surface area contributed by atoms with Gasteiger partial charge in [0.05, 0.1) is 37.9 Å². The van der Waals surface area contributed by atoms with Gasteiger partial charge in [-0.2, -0.15) is 0 Å². The molecule has 0 saturated heterocycles. The van der Waals surface area contributed by atoms with Crippen molar-refractivity contribution in [3.63, 3.8) is 0 Å². The van der Waals surface area contributed by atoms with E-state index in [1.54, 1.807) is 0 Å². The first-order chi connectivity index (χ1) is 23.3. The van der Waals surface area contributed by atoms with Crippen molar-refractivity contribution in [1.29, 1.82) is 0 Å². The van der Waals surface area contributed by atoms with Gasteiger partial charge in [-0.3, -0.25) is 13.8 Å². The standard InChI is InChI=1S/C38H79N2O7P/c1-3-5-7-9-11-12-13-14-15-16-17-18-19-20-21-22-24-25-27-29-35(41)33-38(43)40-36(34-47-48(44,45)46-32-31-39)37(42)30-28-26-23-10-8-6-4-2/h35-37,41-42H,3-34,39H2,1-2H3,(H,40,43)(H,44,45). The van der Waals surface area contributed by atoms with Crippen molar-refractivity contribution in [2.75, 3.05) is 19.8 Å². The summed E-state index contributed by atoms with van der Waals surface area (Å²) in [6.07, 6.45) is 31.8. The number of aliphatic hydroxyl groups is 2. The van der Waals surface area contributed by atoms with E-state index in [4.69, 9.17) is 14.8 Å². The second-order valence-electron chi connectivity index (χ2n) is 14.0. The molecule has 9 nitrogen and oxygen atoms in total. The van der Waals surface area contributed by atoms with E-state index in [0.717, 1.165) is 44.9 Å². The molecule has 4 atom stereocenters. The molecule has 0 bridgehead atoms. The van der Waals surface area contributed by atoms with E-state index in [1.807, 2.05) is 0 Å². The minimum Gasteiger partial charge on any atom is -0.393 e. The van der Waals surface area contributed by atoms with Crippen LogP contribution >= 0.6 is 7.82 Å². The maximum absolute atomic E-state index is 12.7. The van der Waals surface area contributed by atoms with Crippen LogP contribution in [0.5, 0.6) is 0 Å². The van der Waals surface area contributed by atoms with Crippen molar-refractivity contribution in [2.45, 2.75) is 218 Å². The van der Waals surface area contributed by atoms with Gasteiger partial charge in [0.15, 0.2) is 0 Å². The third-order valence-corrected chi connectivity index (χ3v) is 10.2. The number of carbonyl (C=O) groups excluding carboxylic acids is 1. The van der Waals surface area contributed by atoms with Gasteiger partial charge < -0.3 is 26.2 Å². The second kappa shape index (κ2) is 34.9. The van der Waals surface area contributed by atoms with Crippen LogP contribution in [0.3, 0.4) is 0 Å². The van der Waals surface area contributed by atoms with Crippen molar-refractivity contribution >= 4 is 13.7 Å². The summed E-state index contributed by atoms with van der Waals surface area (Å²) in [6.45, 7) is 4.00. The Morgan fingerprint density at radius 2 is 1.00 bits per heavy atom. The molecule has 6 N–H and O–H groups in total. The zero-order valence-corrected chi connectivity index (χ0v) is 32.3. The van der Waals surface area contributed by atoms with Gasteiger partial charge in [0.2, 0.25) is 5.91 Å². The molecule has 0 heterocycles. The fourth-order valence-corrected chi connectivity index (χ4v) is 6.94. The Kier molecular flexibility index (Phi) is 34.5. The molecule has 288 valence electrons. The average molecular weight is 707 g/mol. The number of nitrogens with two attached hydrogens (primary N) is 1. The first-order valence-electron chi connectivity index (χ1n) is 20.2. The van der Waals surface area contributed by atoms with E-state index in [1.165, 1.54) is 122 Å². The van der Waals surface area contributed by atoms with Gasteiger partial charge >= 0.3 is 7.82 Å². The Morgan fingerprint density at radius 3 is 1.40 bits per heavy atom. The molecule has 48 heavy (non-hydrogen) atoms. The van der Waals surface area contributed by atoms with Gasteiger partial charge in [-0.1, -0.05) is 181 Å². The van der Waals surface area contributed by atoms with Crippen molar-refractivity contribution < 1.29 is 33.5 Å². The third-order valence-electron chi connectivity index (χ3n) is 9.27. The SMILES string of the molecule is CCCCCCCCCCCCCCCCCCCCCC(O)CC(=O)NC(COP(=O)(O)OCCN)C(O)CCCCCCCCC. The van der Waals surface area contributed by atoms with Gasteiger partial charge in [0.25, 0.3) is 0 Å². The fourth-order valence-electron chi connectivity index (χ4n) is 6.18. The van der Waals surface area contributed by atoms with Crippen LogP contribution in [0.15, 0.2) is 0 Å². The summed E-state index contributed by atoms with van der Waals surface area (Å²) in [7, 11) is -4.36. The predicted molar refractivity (Wildman–Crippen MR) is 200 cm³/mol. The number of phosphoric acid groups is 1. The van der Waals surface area contributed by atoms with Crippen LogP contribution in [0.25, 0.3) is 0 Å². The molecule has 0 saturated carbocycles. The highest BCUT2D eigenvalue weighted by Crippen LogP contribution is 2.43. The van der Waals surface area contributed by atoms with E-state index in [2.05, 4.69) is 19.2 Å². The molecule has 0 aliphatic rings. The van der Waals surface area contributed by atoms with Gasteiger partial charge in [-0.05, 0) is 12.8 Å². The monoisotopic (exact) mass is 707 g/mol. The average Bonchev–Trinajstić information content (AvgIpc) is 3.06. The van der Waals surface area contributed by atoms with Crippen molar-refractivity contribution in [3.05, 3.63) is 0 Å². The first-order valence-corrected chi connectivity index (χ1v) is 21.7. The van der Waals surface area contributed by atoms with Gasteiger partial charge in [0.1, 0.15) is 0 Å². The number of hydrogen-bond donors (Lipinski definition) is 5. The molecule has 0 aliphatic carbocycles. The van der Waals surface area contributed by atoms with E-state index in [0.29, 0.717) is 12.8 Å². The molecule has 10 heteroatoms. The van der Waals surface area contributed by atoms with Crippen LogP contribution in [-0.4, -0.2) is 59.0 Å². The Bertz CT molecular complexity index is 746. The molecule has 1 amide bonds. The van der Waals surface area contributed by atoms with Gasteiger partial charge in [-0.25, -0.2) is 4.57 Å². The van der Waals surface area contributed by atoms with Gasteiger partial charge in [0, 0.05) is 6.54 Å². The largest absolute Gasteiger partial charge is 0.472 e. The number of phosphoric ester groups is 1. The molecule has 0 aromatic heterocycles. The van der Waals surface area contributed by atoms with Crippen LogP contribution in [0.1, 0.15) is 200 Å². The van der Waals surface area contributed by atoms with Crippen LogP contribution < -0.4 is 11.1 Å². The van der Waals surface area contributed by atoms with Crippen LogP contribution in [-0.2, 0) is 18.4 Å². The molecular weight excluding hydrogens is 627 g/mol. The molecule has 4 unspecified atom stereocenters. The third kappa shape index (κ3) is 32.7. The van der Waals surface area contributed by atoms with Crippen molar-refractivity contribution in [1.82, 2.24) is 5.32 Å². The van der Waals surface area contributed by atoms with E-state index < -0.39 is 32.0 Å². The molecule has 0 aliphatic heterocycles. The lowest BCUT2D eigenvalue weighted by molar-refractivity contribution is -0.125. The molecule has 0 aromatic rings. The summed E-state index contributed by atoms with van der Waals surface area (Å²) in [5.41, 5.74) is 5.34. The summed E-state index contributed by atoms with van der Waals surface area (Å²) >= 11 is 0. The van der Waals surface area contributed by atoms with Crippen LogP contribution in [0.2, 0.25) is 0 Å². The lowest BCUT2D eigenvalue weighted by Crippen LogP contribution is -2.47. The summed E-state index contributed by atoms with van der Waals surface area (Å²) < 4.78 is 22.0. The zero-order valence-electron chi connectivity index (χ0n) is 31.4. The van der Waals surface area contributed by atoms with Crippen LogP contribution in [0.4, 0.5) is 0 Å². The number of carbonyl (C=O) groups is 1. The number of amides is 1. The molecule has 0 rings (SSSR count). The molecular formula is C38H79N2O7P. The number of rotatable bonds is 38. The molecule has 0 spiro atoms. The Labute approximate surface area is 295 Å². The predicted octanol–water partition coefficient (Wildman–Crippen LogP) is 9.64. The van der Waals surface area contributed by atoms with E-state index in [-0.39, 0.29) is 26.2 Å². The Hall–Kier alpha value is -0.540. The van der Waals surface area contributed by atoms with Crippen molar-refractivity contribution in [2.24, 2.45) is 5.73 Å². The number of hydrogen-bond acceptors (Lipinski definition) is 7. The Morgan fingerprint density at radius 1 is 0.625 bits per heavy atom. The maximum atomic E-state index is 12.7. The normalized spacial score (nSPS) is 14.9. The minimum absolute atomic E-state index is 0.0619. The van der Waals surface area contributed by atoms with E-state index in [9.17, 15) is 24.5 Å². The Balaban J connectivity index is 4.08.